The second-order valence-corrected chi connectivity index (χ2v) is 7.11. The first-order valence-corrected chi connectivity index (χ1v) is 7.79. The Bertz CT molecular complexity index is 526. The number of hydrogen-bond acceptors (Lipinski definition) is 3. The van der Waals surface area contributed by atoms with Gasteiger partial charge in [-0.15, -0.1) is 0 Å². The van der Waals surface area contributed by atoms with Crippen LogP contribution >= 0.6 is 0 Å². The highest BCUT2D eigenvalue weighted by molar-refractivity contribution is 7.93. The number of benzene rings is 1. The normalized spacial score (nSPS) is 22.7. The third-order valence-corrected chi connectivity index (χ3v) is 5.74. The van der Waals surface area contributed by atoms with Crippen LogP contribution in [0.1, 0.15) is 31.7 Å². The van der Waals surface area contributed by atoms with Crippen LogP contribution in [0.5, 0.6) is 0 Å². The van der Waals surface area contributed by atoms with Crippen LogP contribution in [0.15, 0.2) is 24.3 Å². The van der Waals surface area contributed by atoms with Gasteiger partial charge in [-0.1, -0.05) is 32.0 Å². The average Bonchev–Trinajstić information content (AvgIpc) is 2.63. The highest BCUT2D eigenvalue weighted by Gasteiger charge is 2.38. The molecule has 0 spiro atoms. The minimum absolute atomic E-state index is 0.197. The molecular weight excluding hydrogens is 248 g/mol. The van der Waals surface area contributed by atoms with E-state index in [1.807, 2.05) is 24.3 Å². The molecule has 2 rings (SSSR count). The van der Waals surface area contributed by atoms with Crippen molar-refractivity contribution in [3.05, 3.63) is 29.8 Å². The largest absolute Gasteiger partial charge is 0.329 e. The van der Waals surface area contributed by atoms with E-state index >= 15 is 0 Å². The van der Waals surface area contributed by atoms with Crippen molar-refractivity contribution in [2.45, 2.75) is 31.4 Å². The Morgan fingerprint density at radius 1 is 1.39 bits per heavy atom. The van der Waals surface area contributed by atoms with Crippen molar-refractivity contribution in [1.82, 2.24) is 0 Å². The summed E-state index contributed by atoms with van der Waals surface area (Å²) in [7, 11) is -3.28. The second kappa shape index (κ2) is 4.90. The number of anilines is 1. The SMILES string of the molecule is CC(C)c1ccccc1N1CCC(CN)S1(=O)=O. The maximum absolute atomic E-state index is 12.3. The average molecular weight is 268 g/mol. The molecule has 0 aromatic heterocycles. The first-order chi connectivity index (χ1) is 8.48. The number of para-hydroxylation sites is 1. The third kappa shape index (κ3) is 2.12. The van der Waals surface area contributed by atoms with Crippen molar-refractivity contribution in [3.8, 4) is 0 Å². The van der Waals surface area contributed by atoms with Crippen molar-refractivity contribution in [2.24, 2.45) is 5.73 Å². The van der Waals surface area contributed by atoms with Crippen LogP contribution in [-0.4, -0.2) is 26.8 Å². The van der Waals surface area contributed by atoms with Crippen LogP contribution in [0.25, 0.3) is 0 Å². The quantitative estimate of drug-likeness (QED) is 0.907. The summed E-state index contributed by atoms with van der Waals surface area (Å²) in [6, 6.07) is 7.70. The van der Waals surface area contributed by atoms with Crippen LogP contribution in [0, 0.1) is 0 Å². The molecule has 0 radical (unpaired) electrons. The Hall–Kier alpha value is -1.07. The molecule has 1 saturated heterocycles. The van der Waals surface area contributed by atoms with E-state index in [2.05, 4.69) is 13.8 Å². The fourth-order valence-electron chi connectivity index (χ4n) is 2.42. The molecule has 1 aliphatic rings. The summed E-state index contributed by atoms with van der Waals surface area (Å²) >= 11 is 0. The number of nitrogens with zero attached hydrogens (tertiary/aromatic N) is 1. The van der Waals surface area contributed by atoms with Crippen LogP contribution in [0.4, 0.5) is 5.69 Å². The van der Waals surface area contributed by atoms with E-state index in [1.165, 1.54) is 4.31 Å². The molecule has 2 N–H and O–H groups in total. The van der Waals surface area contributed by atoms with E-state index in [1.54, 1.807) is 0 Å². The van der Waals surface area contributed by atoms with Gasteiger partial charge in [0, 0.05) is 13.1 Å². The molecule has 18 heavy (non-hydrogen) atoms. The molecule has 1 fully saturated rings. The van der Waals surface area contributed by atoms with Gasteiger partial charge in [-0.05, 0) is 24.0 Å². The Morgan fingerprint density at radius 3 is 2.61 bits per heavy atom. The molecule has 0 aliphatic carbocycles. The maximum atomic E-state index is 12.3. The molecule has 4 nitrogen and oxygen atoms in total. The van der Waals surface area contributed by atoms with Gasteiger partial charge in [0.05, 0.1) is 10.9 Å². The molecule has 1 aromatic rings. The van der Waals surface area contributed by atoms with E-state index < -0.39 is 15.3 Å². The van der Waals surface area contributed by atoms with Crippen LogP contribution in [0.2, 0.25) is 0 Å². The lowest BCUT2D eigenvalue weighted by Gasteiger charge is -2.23. The summed E-state index contributed by atoms with van der Waals surface area (Å²) in [6.45, 7) is 4.88. The van der Waals surface area contributed by atoms with Gasteiger partial charge in [0.25, 0.3) is 0 Å². The van der Waals surface area contributed by atoms with E-state index in [4.69, 9.17) is 5.73 Å². The topological polar surface area (TPSA) is 63.4 Å². The van der Waals surface area contributed by atoms with E-state index in [0.717, 1.165) is 11.3 Å². The molecule has 1 aliphatic heterocycles. The first-order valence-electron chi connectivity index (χ1n) is 6.29. The predicted molar refractivity (Wildman–Crippen MR) is 74.3 cm³/mol. The van der Waals surface area contributed by atoms with E-state index in [-0.39, 0.29) is 6.54 Å². The summed E-state index contributed by atoms with van der Waals surface area (Å²) in [5.74, 6) is 0.299. The van der Waals surface area contributed by atoms with Gasteiger partial charge in [0.15, 0.2) is 0 Å². The van der Waals surface area contributed by atoms with Gasteiger partial charge in [-0.3, -0.25) is 4.31 Å². The Balaban J connectivity index is 2.45. The summed E-state index contributed by atoms with van der Waals surface area (Å²) in [6.07, 6.45) is 0.616. The number of rotatable bonds is 3. The van der Waals surface area contributed by atoms with Crippen LogP contribution in [0.3, 0.4) is 0 Å². The molecule has 0 bridgehead atoms. The lowest BCUT2D eigenvalue weighted by molar-refractivity contribution is 0.588. The van der Waals surface area contributed by atoms with Gasteiger partial charge in [-0.25, -0.2) is 8.42 Å². The monoisotopic (exact) mass is 268 g/mol. The Labute approximate surface area is 109 Å². The van der Waals surface area contributed by atoms with Gasteiger partial charge in [-0.2, -0.15) is 0 Å². The van der Waals surface area contributed by atoms with Crippen molar-refractivity contribution < 1.29 is 8.42 Å². The molecule has 1 unspecified atom stereocenters. The van der Waals surface area contributed by atoms with Crippen molar-refractivity contribution in [1.29, 1.82) is 0 Å². The first kappa shape index (κ1) is 13.4. The third-order valence-electron chi connectivity index (χ3n) is 3.47. The zero-order valence-corrected chi connectivity index (χ0v) is 11.7. The fourth-order valence-corrected chi connectivity index (χ4v) is 4.22. The van der Waals surface area contributed by atoms with Gasteiger partial charge in [0.1, 0.15) is 0 Å². The van der Waals surface area contributed by atoms with Gasteiger partial charge < -0.3 is 5.73 Å². The Kier molecular flexibility index (Phi) is 3.64. The standard InChI is InChI=1S/C13H20N2O2S/c1-10(2)12-5-3-4-6-13(12)15-8-7-11(9-14)18(15,16)17/h3-6,10-11H,7-9,14H2,1-2H3. The number of sulfonamides is 1. The molecule has 5 heteroatoms. The van der Waals surface area contributed by atoms with Crippen molar-refractivity contribution >= 4 is 15.7 Å². The molecule has 100 valence electrons. The smallest absolute Gasteiger partial charge is 0.239 e. The van der Waals surface area contributed by atoms with Crippen molar-refractivity contribution in [3.63, 3.8) is 0 Å². The predicted octanol–water partition coefficient (Wildman–Crippen LogP) is 1.68. The fraction of sp³-hybridized carbons (Fsp3) is 0.538. The highest BCUT2D eigenvalue weighted by Crippen LogP contribution is 2.33. The minimum Gasteiger partial charge on any atom is -0.329 e. The van der Waals surface area contributed by atoms with E-state index in [0.29, 0.717) is 18.9 Å². The maximum Gasteiger partial charge on any atom is 0.239 e. The summed E-state index contributed by atoms with van der Waals surface area (Å²) < 4.78 is 26.2. The summed E-state index contributed by atoms with van der Waals surface area (Å²) in [5.41, 5.74) is 7.42. The molecule has 1 heterocycles. The summed E-state index contributed by atoms with van der Waals surface area (Å²) in [5, 5.41) is -0.433. The molecule has 1 atom stereocenters. The Morgan fingerprint density at radius 2 is 2.06 bits per heavy atom. The number of nitrogens with two attached hydrogens (primary N) is 1. The molecule has 0 saturated carbocycles. The highest BCUT2D eigenvalue weighted by atomic mass is 32.2. The van der Waals surface area contributed by atoms with Crippen LogP contribution in [-0.2, 0) is 10.0 Å². The zero-order valence-electron chi connectivity index (χ0n) is 10.8. The summed E-state index contributed by atoms with van der Waals surface area (Å²) in [4.78, 5) is 0. The lowest BCUT2D eigenvalue weighted by Crippen LogP contribution is -2.33. The van der Waals surface area contributed by atoms with Crippen molar-refractivity contribution in [2.75, 3.05) is 17.4 Å². The zero-order chi connectivity index (χ0) is 13.3. The number of hydrogen-bond donors (Lipinski definition) is 1. The van der Waals surface area contributed by atoms with Gasteiger partial charge in [0.2, 0.25) is 10.0 Å². The second-order valence-electron chi connectivity index (χ2n) is 4.98. The van der Waals surface area contributed by atoms with E-state index in [9.17, 15) is 8.42 Å². The molecule has 1 aromatic carbocycles. The molecular formula is C13H20N2O2S. The lowest BCUT2D eigenvalue weighted by atomic mass is 10.0. The van der Waals surface area contributed by atoms with Gasteiger partial charge >= 0.3 is 0 Å². The minimum atomic E-state index is -3.28. The van der Waals surface area contributed by atoms with Crippen LogP contribution < -0.4 is 10.0 Å². The molecule has 0 amide bonds.